The molecule has 0 aliphatic heterocycles. The van der Waals surface area contributed by atoms with Crippen molar-refractivity contribution in [1.82, 2.24) is 0 Å². The zero-order valence-corrected chi connectivity index (χ0v) is 16.1. The highest BCUT2D eigenvalue weighted by atomic mass is 127. The fourth-order valence-corrected chi connectivity index (χ4v) is 3.35. The summed E-state index contributed by atoms with van der Waals surface area (Å²) in [5.41, 5.74) is 2.22. The summed E-state index contributed by atoms with van der Waals surface area (Å²) in [6.45, 7) is 3.61. The van der Waals surface area contributed by atoms with Gasteiger partial charge < -0.3 is 0 Å². The van der Waals surface area contributed by atoms with E-state index in [1.165, 1.54) is 0 Å². The Balaban J connectivity index is 0.000000211. The number of hydrogen-bond acceptors (Lipinski definition) is 2. The van der Waals surface area contributed by atoms with Crippen LogP contribution < -0.4 is 0 Å². The fourth-order valence-electron chi connectivity index (χ4n) is 1.43. The molecule has 0 saturated carbocycles. The predicted octanol–water partition coefficient (Wildman–Crippen LogP) is 5.89. The van der Waals surface area contributed by atoms with Crippen LogP contribution in [0.2, 0.25) is 0 Å². The molecule has 0 unspecified atom stereocenters. The number of rotatable bonds is 1. The van der Waals surface area contributed by atoms with E-state index in [1.807, 2.05) is 36.4 Å². The number of nitrogens with zero attached hydrogens (tertiary/aromatic N) is 2. The van der Waals surface area contributed by atoms with Gasteiger partial charge in [-0.2, -0.15) is 10.5 Å². The minimum Gasteiger partial charge on any atom is -0.192 e. The normalized spacial score (nSPS) is 8.81. The van der Waals surface area contributed by atoms with Crippen molar-refractivity contribution in [2.45, 2.75) is 0 Å². The first-order valence-electron chi connectivity index (χ1n) is 5.70. The van der Waals surface area contributed by atoms with Gasteiger partial charge in [0.25, 0.3) is 0 Å². The molecule has 0 amide bonds. The first-order chi connectivity index (χ1) is 10.0. The highest BCUT2D eigenvalue weighted by Gasteiger charge is 2.01. The van der Waals surface area contributed by atoms with Gasteiger partial charge in [0, 0.05) is 12.5 Å². The second-order valence-corrected chi connectivity index (χ2v) is 6.60. The summed E-state index contributed by atoms with van der Waals surface area (Å²) in [4.78, 5) is 0. The van der Waals surface area contributed by atoms with Crippen LogP contribution in [0.5, 0.6) is 0 Å². The topological polar surface area (TPSA) is 47.6 Å². The van der Waals surface area contributed by atoms with Crippen LogP contribution in [0.25, 0.3) is 6.08 Å². The molecule has 2 rings (SSSR count). The first-order valence-corrected chi connectivity index (χ1v) is 8.36. The lowest BCUT2D eigenvalue weighted by Gasteiger charge is -1.97. The van der Waals surface area contributed by atoms with Crippen LogP contribution in [-0.2, 0) is 0 Å². The molecule has 0 aromatic heterocycles. The fraction of sp³-hybridized carbons (Fsp3) is 0. The van der Waals surface area contributed by atoms with Gasteiger partial charge >= 0.3 is 0 Å². The van der Waals surface area contributed by atoms with Crippen LogP contribution in [0.4, 0.5) is 0 Å². The molecule has 0 spiro atoms. The third-order valence-electron chi connectivity index (χ3n) is 2.45. The molecular weight excluding hydrogens is 507 g/mol. The third kappa shape index (κ3) is 4.96. The zero-order valence-electron chi connectivity index (χ0n) is 10.8. The van der Waals surface area contributed by atoms with E-state index in [-0.39, 0.29) is 0 Å². The van der Waals surface area contributed by atoms with E-state index < -0.39 is 0 Å². The lowest BCUT2D eigenvalue weighted by molar-refractivity contribution is 1.44. The molecule has 0 atom stereocenters. The molecule has 104 valence electrons. The van der Waals surface area contributed by atoms with Gasteiger partial charge in [0.05, 0.1) is 11.1 Å². The Labute approximate surface area is 154 Å². The maximum atomic E-state index is 8.70. The summed E-state index contributed by atoms with van der Waals surface area (Å²) >= 11 is 8.69. The van der Waals surface area contributed by atoms with Crippen LogP contribution in [0.1, 0.15) is 16.7 Å². The van der Waals surface area contributed by atoms with Gasteiger partial charge in [-0.05, 0) is 78.2 Å². The smallest absolute Gasteiger partial charge is 0.101 e. The monoisotopic (exact) mass is 514 g/mol. The number of halogens is 3. The Morgan fingerprint density at radius 3 is 1.86 bits per heavy atom. The summed E-state index contributed by atoms with van der Waals surface area (Å²) < 4.78 is 2.66. The Morgan fingerprint density at radius 1 is 0.952 bits per heavy atom. The molecule has 0 heterocycles. The van der Waals surface area contributed by atoms with Gasteiger partial charge in [-0.25, -0.2) is 0 Å². The molecule has 0 radical (unpaired) electrons. The molecular formula is C16H9Br2IN2. The minimum absolute atomic E-state index is 0.641. The average molecular weight is 516 g/mol. The predicted molar refractivity (Wildman–Crippen MR) is 101 cm³/mol. The largest absolute Gasteiger partial charge is 0.192 e. The molecule has 2 aromatic carbocycles. The lowest BCUT2D eigenvalue weighted by Crippen LogP contribution is -1.81. The Morgan fingerprint density at radius 2 is 1.48 bits per heavy atom. The van der Waals surface area contributed by atoms with Gasteiger partial charge in [0.1, 0.15) is 12.1 Å². The SMILES string of the molecule is C=Cc1cccc(Br)c1C#N.N#Cc1c(Br)cccc1I. The summed E-state index contributed by atoms with van der Waals surface area (Å²) in [7, 11) is 0. The van der Waals surface area contributed by atoms with Crippen LogP contribution in [0.3, 0.4) is 0 Å². The molecule has 5 heteroatoms. The van der Waals surface area contributed by atoms with Crippen molar-refractivity contribution < 1.29 is 0 Å². The first kappa shape index (κ1) is 17.9. The molecule has 0 saturated heterocycles. The molecule has 0 aliphatic carbocycles. The zero-order chi connectivity index (χ0) is 15.8. The maximum Gasteiger partial charge on any atom is 0.101 e. The van der Waals surface area contributed by atoms with Crippen molar-refractivity contribution in [2.24, 2.45) is 0 Å². The van der Waals surface area contributed by atoms with Gasteiger partial charge in [-0.15, -0.1) is 0 Å². The van der Waals surface area contributed by atoms with Crippen molar-refractivity contribution in [3.8, 4) is 12.1 Å². The van der Waals surface area contributed by atoms with E-state index in [0.717, 1.165) is 18.1 Å². The molecule has 2 nitrogen and oxygen atoms in total. The second-order valence-electron chi connectivity index (χ2n) is 3.73. The number of benzene rings is 2. The molecule has 0 bridgehead atoms. The maximum absolute atomic E-state index is 8.70. The molecule has 0 aliphatic rings. The van der Waals surface area contributed by atoms with E-state index >= 15 is 0 Å². The van der Waals surface area contributed by atoms with Gasteiger partial charge in [0.2, 0.25) is 0 Å². The standard InChI is InChI=1S/C9H6BrN.C7H3BrIN/c1-2-7-4-3-5-9(10)8(7)6-11;8-6-2-1-3-7(9)5(6)4-10/h2-5H,1H2;1-3H. The van der Waals surface area contributed by atoms with Crippen LogP contribution in [-0.4, -0.2) is 0 Å². The average Bonchev–Trinajstić information content (AvgIpc) is 2.48. The van der Waals surface area contributed by atoms with E-state index in [9.17, 15) is 0 Å². The van der Waals surface area contributed by atoms with Crippen molar-refractivity contribution in [3.63, 3.8) is 0 Å². The van der Waals surface area contributed by atoms with Gasteiger partial charge in [-0.3, -0.25) is 0 Å². The molecule has 2 aromatic rings. The van der Waals surface area contributed by atoms with Crippen molar-refractivity contribution in [3.05, 3.63) is 72.2 Å². The number of nitriles is 2. The Bertz CT molecular complexity index is 723. The van der Waals surface area contributed by atoms with Crippen molar-refractivity contribution in [1.29, 1.82) is 10.5 Å². The van der Waals surface area contributed by atoms with E-state index in [2.05, 4.69) is 73.2 Å². The highest BCUT2D eigenvalue weighted by molar-refractivity contribution is 14.1. The van der Waals surface area contributed by atoms with Crippen molar-refractivity contribution in [2.75, 3.05) is 0 Å². The van der Waals surface area contributed by atoms with Gasteiger partial charge in [-0.1, -0.05) is 30.9 Å². The summed E-state index contributed by atoms with van der Waals surface area (Å²) in [5, 5.41) is 17.3. The summed E-state index contributed by atoms with van der Waals surface area (Å²) in [5.74, 6) is 0. The van der Waals surface area contributed by atoms with E-state index in [0.29, 0.717) is 11.1 Å². The van der Waals surface area contributed by atoms with Crippen LogP contribution >= 0.6 is 54.5 Å². The minimum atomic E-state index is 0.641. The van der Waals surface area contributed by atoms with E-state index in [4.69, 9.17) is 10.5 Å². The third-order valence-corrected chi connectivity index (χ3v) is 4.67. The summed E-state index contributed by atoms with van der Waals surface area (Å²) in [6.07, 6.45) is 1.67. The molecule has 0 N–H and O–H groups in total. The van der Waals surface area contributed by atoms with Crippen LogP contribution in [0, 0.1) is 26.2 Å². The molecule has 21 heavy (non-hydrogen) atoms. The Kier molecular flexibility index (Phi) is 7.66. The van der Waals surface area contributed by atoms with Crippen LogP contribution in [0.15, 0.2) is 51.9 Å². The Hall–Kier alpha value is -1.15. The van der Waals surface area contributed by atoms with E-state index in [1.54, 1.807) is 6.08 Å². The summed E-state index contributed by atoms with van der Waals surface area (Å²) in [6, 6.07) is 15.5. The molecule has 0 fully saturated rings. The number of hydrogen-bond donors (Lipinski definition) is 0. The van der Waals surface area contributed by atoms with Crippen molar-refractivity contribution >= 4 is 60.5 Å². The second kappa shape index (κ2) is 8.99. The lowest BCUT2D eigenvalue weighted by atomic mass is 10.1. The van der Waals surface area contributed by atoms with Gasteiger partial charge in [0.15, 0.2) is 0 Å². The highest BCUT2D eigenvalue weighted by Crippen LogP contribution is 2.21. The quantitative estimate of drug-likeness (QED) is 0.445.